The molecule has 0 radical (unpaired) electrons. The van der Waals surface area contributed by atoms with Crippen molar-refractivity contribution in [3.63, 3.8) is 0 Å². The van der Waals surface area contributed by atoms with Gasteiger partial charge in [0.1, 0.15) is 6.04 Å². The van der Waals surface area contributed by atoms with E-state index in [0.717, 1.165) is 19.2 Å². The number of halogens is 3. The van der Waals surface area contributed by atoms with Gasteiger partial charge in [-0.15, -0.1) is 0 Å². The van der Waals surface area contributed by atoms with Crippen molar-refractivity contribution in [2.24, 2.45) is 5.92 Å². The molecule has 0 saturated heterocycles. The molecule has 1 N–H and O–H groups in total. The maximum atomic E-state index is 12.7. The van der Waals surface area contributed by atoms with Gasteiger partial charge in [-0.05, 0) is 11.6 Å². The zero-order chi connectivity index (χ0) is 18.3. The number of alkyl halides is 3. The quantitative estimate of drug-likeness (QED) is 0.806. The van der Waals surface area contributed by atoms with E-state index in [1.165, 1.54) is 12.1 Å². The minimum absolute atomic E-state index is 0.0175. The van der Waals surface area contributed by atoms with Crippen molar-refractivity contribution in [2.45, 2.75) is 32.0 Å². The van der Waals surface area contributed by atoms with Gasteiger partial charge in [-0.25, -0.2) is 4.79 Å². The smallest absolute Gasteiger partial charge is 0.416 e. The van der Waals surface area contributed by atoms with Crippen LogP contribution in [0.25, 0.3) is 0 Å². The van der Waals surface area contributed by atoms with Crippen LogP contribution < -0.4 is 5.32 Å². The Labute approximate surface area is 137 Å². The molecule has 24 heavy (non-hydrogen) atoms. The number of hydrogen-bond acceptors (Lipinski definition) is 4. The third-order valence-corrected chi connectivity index (χ3v) is 3.37. The van der Waals surface area contributed by atoms with Gasteiger partial charge in [0.05, 0.1) is 25.2 Å². The second-order valence-corrected chi connectivity index (χ2v) is 5.28. The Bertz CT molecular complexity index is 638. The zero-order valence-corrected chi connectivity index (χ0v) is 13.2. The summed E-state index contributed by atoms with van der Waals surface area (Å²) in [5, 5.41) is 11.1. The summed E-state index contributed by atoms with van der Waals surface area (Å²) in [5.41, 5.74) is -0.686. The highest BCUT2D eigenvalue weighted by Gasteiger charge is 2.31. The second-order valence-electron chi connectivity index (χ2n) is 5.28. The van der Waals surface area contributed by atoms with Crippen LogP contribution in [0.2, 0.25) is 0 Å². The Morgan fingerprint density at radius 1 is 1.38 bits per heavy atom. The highest BCUT2D eigenvalue weighted by atomic mass is 19.4. The van der Waals surface area contributed by atoms with Gasteiger partial charge < -0.3 is 10.1 Å². The fourth-order valence-corrected chi connectivity index (χ4v) is 2.09. The molecule has 5 nitrogen and oxygen atoms in total. The highest BCUT2D eigenvalue weighted by molar-refractivity contribution is 5.85. The molecule has 8 heteroatoms. The van der Waals surface area contributed by atoms with E-state index in [4.69, 9.17) is 5.26 Å². The molecule has 2 atom stereocenters. The van der Waals surface area contributed by atoms with E-state index >= 15 is 0 Å². The molecule has 1 amide bonds. The van der Waals surface area contributed by atoms with Gasteiger partial charge in [-0.2, -0.15) is 18.4 Å². The van der Waals surface area contributed by atoms with Gasteiger partial charge in [0.25, 0.3) is 0 Å². The monoisotopic (exact) mass is 342 g/mol. The number of carbonyl (C=O) groups excluding carboxylic acids is 2. The van der Waals surface area contributed by atoms with E-state index in [0.29, 0.717) is 0 Å². The van der Waals surface area contributed by atoms with Gasteiger partial charge >= 0.3 is 12.1 Å². The fourth-order valence-electron chi connectivity index (χ4n) is 2.09. The molecular formula is C16H17F3N2O3. The summed E-state index contributed by atoms with van der Waals surface area (Å²) in [5.74, 6) is -1.84. The maximum absolute atomic E-state index is 12.7. The lowest BCUT2D eigenvalue weighted by atomic mass is 9.98. The lowest BCUT2D eigenvalue weighted by Gasteiger charge is -2.21. The van der Waals surface area contributed by atoms with Crippen LogP contribution in [0.4, 0.5) is 13.2 Å². The van der Waals surface area contributed by atoms with E-state index in [9.17, 15) is 22.8 Å². The van der Waals surface area contributed by atoms with Crippen molar-refractivity contribution in [2.75, 3.05) is 7.11 Å². The van der Waals surface area contributed by atoms with Crippen LogP contribution in [0.15, 0.2) is 24.3 Å². The summed E-state index contributed by atoms with van der Waals surface area (Å²) in [4.78, 5) is 23.7. The van der Waals surface area contributed by atoms with E-state index in [2.05, 4.69) is 10.1 Å². The summed E-state index contributed by atoms with van der Waals surface area (Å²) >= 11 is 0. The van der Waals surface area contributed by atoms with Crippen LogP contribution in [0, 0.1) is 17.2 Å². The summed E-state index contributed by atoms with van der Waals surface area (Å²) in [6.07, 6.45) is -4.80. The molecule has 1 aromatic carbocycles. The molecule has 1 rings (SSSR count). The molecule has 0 saturated carbocycles. The number of methoxy groups -OCH3 is 1. The molecule has 0 aromatic heterocycles. The number of carbonyl (C=O) groups is 2. The van der Waals surface area contributed by atoms with E-state index in [1.807, 2.05) is 6.07 Å². The van der Waals surface area contributed by atoms with E-state index < -0.39 is 35.6 Å². The number of nitrogens with one attached hydrogen (secondary N) is 1. The first-order valence-corrected chi connectivity index (χ1v) is 7.09. The molecule has 0 aliphatic heterocycles. The number of ether oxygens (including phenoxy) is 1. The molecule has 0 bridgehead atoms. The lowest BCUT2D eigenvalue weighted by molar-refractivity contribution is -0.146. The SMILES string of the molecule is COC(=O)[C@@H](NC(=O)Cc1cccc(C(F)(F)F)c1)[C@H](C)CC#N. The van der Waals surface area contributed by atoms with E-state index in [1.54, 1.807) is 6.92 Å². The first kappa shape index (κ1) is 19.5. The fraction of sp³-hybridized carbons (Fsp3) is 0.438. The number of nitrogens with zero attached hydrogens (tertiary/aromatic N) is 1. The van der Waals surface area contributed by atoms with E-state index in [-0.39, 0.29) is 18.4 Å². The van der Waals surface area contributed by atoms with Crippen LogP contribution in [0.3, 0.4) is 0 Å². The third-order valence-electron chi connectivity index (χ3n) is 3.37. The number of esters is 1. The Balaban J connectivity index is 2.83. The average Bonchev–Trinajstić information content (AvgIpc) is 2.51. The molecule has 0 fully saturated rings. The normalized spacial score (nSPS) is 13.5. The van der Waals surface area contributed by atoms with Gasteiger partial charge in [-0.1, -0.05) is 25.1 Å². The Hall–Kier alpha value is -2.56. The molecule has 0 heterocycles. The molecule has 0 aliphatic rings. The largest absolute Gasteiger partial charge is 0.467 e. The van der Waals surface area contributed by atoms with Crippen LogP contribution in [0.5, 0.6) is 0 Å². The average molecular weight is 342 g/mol. The lowest BCUT2D eigenvalue weighted by Crippen LogP contribution is -2.46. The number of benzene rings is 1. The minimum atomic E-state index is -4.50. The van der Waals surface area contributed by atoms with Gasteiger partial charge in [0, 0.05) is 12.3 Å². The molecule has 130 valence electrons. The second kappa shape index (κ2) is 8.34. The molecule has 1 aromatic rings. The van der Waals surface area contributed by atoms with Crippen molar-refractivity contribution >= 4 is 11.9 Å². The highest BCUT2D eigenvalue weighted by Crippen LogP contribution is 2.29. The van der Waals surface area contributed by atoms with Gasteiger partial charge in [0.15, 0.2) is 0 Å². The van der Waals surface area contributed by atoms with Gasteiger partial charge in [-0.3, -0.25) is 4.79 Å². The number of amides is 1. The van der Waals surface area contributed by atoms with Crippen LogP contribution in [-0.4, -0.2) is 25.0 Å². The van der Waals surface area contributed by atoms with Crippen LogP contribution in [-0.2, 0) is 26.9 Å². The molecular weight excluding hydrogens is 325 g/mol. The van der Waals surface area contributed by atoms with Crippen molar-refractivity contribution in [1.82, 2.24) is 5.32 Å². The molecule has 0 unspecified atom stereocenters. The summed E-state index contributed by atoms with van der Waals surface area (Å²) in [6.45, 7) is 1.59. The topological polar surface area (TPSA) is 79.2 Å². The molecule has 0 aliphatic carbocycles. The molecule has 0 spiro atoms. The maximum Gasteiger partial charge on any atom is 0.416 e. The van der Waals surface area contributed by atoms with Crippen LogP contribution in [0.1, 0.15) is 24.5 Å². The standard InChI is InChI=1S/C16H17F3N2O3/c1-10(6-7-20)14(15(23)24-2)21-13(22)9-11-4-3-5-12(8-11)16(17,18)19/h3-5,8,10,14H,6,9H2,1-2H3,(H,21,22)/t10-,14+/m1/s1. The van der Waals surface area contributed by atoms with Crippen molar-refractivity contribution in [1.29, 1.82) is 5.26 Å². The first-order valence-electron chi connectivity index (χ1n) is 7.09. The van der Waals surface area contributed by atoms with Crippen molar-refractivity contribution < 1.29 is 27.5 Å². The number of nitriles is 1. The zero-order valence-electron chi connectivity index (χ0n) is 13.2. The van der Waals surface area contributed by atoms with Crippen molar-refractivity contribution in [3.05, 3.63) is 35.4 Å². The summed E-state index contributed by atoms with van der Waals surface area (Å²) in [7, 11) is 1.15. The summed E-state index contributed by atoms with van der Waals surface area (Å²) < 4.78 is 42.6. The van der Waals surface area contributed by atoms with Crippen LogP contribution >= 0.6 is 0 Å². The third kappa shape index (κ3) is 5.57. The predicted molar refractivity (Wildman–Crippen MR) is 78.5 cm³/mol. The Morgan fingerprint density at radius 3 is 2.58 bits per heavy atom. The van der Waals surface area contributed by atoms with Crippen molar-refractivity contribution in [3.8, 4) is 6.07 Å². The number of hydrogen-bond donors (Lipinski definition) is 1. The summed E-state index contributed by atoms with van der Waals surface area (Å²) in [6, 6.07) is 5.25. The predicted octanol–water partition coefficient (Wildman–Crippen LogP) is 2.46. The minimum Gasteiger partial charge on any atom is -0.467 e. The first-order chi connectivity index (χ1) is 11.2. The van der Waals surface area contributed by atoms with Gasteiger partial charge in [0.2, 0.25) is 5.91 Å². The Morgan fingerprint density at radius 2 is 2.04 bits per heavy atom. The number of rotatable bonds is 6. The Kier molecular flexibility index (Phi) is 6.77.